The normalized spacial score (nSPS) is 25.8. The van der Waals surface area contributed by atoms with Gasteiger partial charge in [-0.3, -0.25) is 13.7 Å². The number of hydrogen-bond acceptors (Lipinski definition) is 10. The summed E-state index contributed by atoms with van der Waals surface area (Å²) in [6, 6.07) is 1.41. The highest BCUT2D eigenvalue weighted by Crippen LogP contribution is 2.30. The molecule has 0 unspecified atom stereocenters. The second-order valence-corrected chi connectivity index (χ2v) is 9.31. The predicted octanol–water partition coefficient (Wildman–Crippen LogP) is -0.145. The van der Waals surface area contributed by atoms with Crippen molar-refractivity contribution in [3.8, 4) is 0 Å². The van der Waals surface area contributed by atoms with Crippen molar-refractivity contribution in [1.82, 2.24) is 19.7 Å². The van der Waals surface area contributed by atoms with Gasteiger partial charge in [0.15, 0.2) is 0 Å². The smallest absolute Gasteiger partial charge is 0.333 e. The third kappa shape index (κ3) is 5.66. The molecule has 0 aromatic carbocycles. The average Bonchev–Trinajstić information content (AvgIpc) is 3.48. The standard InChI is InChI=1S/C19H26N6O6S/c20-32(28,29)31-10-12-6-13(7-17(12)26)23-19-15(8-21-11-22-19)18(27)16-3-4-25(24-16)9-14-2-1-5-30-14/h3-4,8,11-14,17,26H,1-2,5-7,9-10H2,(H2,20,28,29)(H,21,22,23)/t12-,13-,14-,17+/m1/s1. The summed E-state index contributed by atoms with van der Waals surface area (Å²) in [6.45, 7) is 1.13. The topological polar surface area (TPSA) is 172 Å². The quantitative estimate of drug-likeness (QED) is 0.422. The number of aromatic nitrogens is 4. The minimum absolute atomic E-state index is 0.107. The van der Waals surface area contributed by atoms with Crippen molar-refractivity contribution in [2.24, 2.45) is 11.1 Å². The number of carbonyl (C=O) groups excluding carboxylic acids is 1. The van der Waals surface area contributed by atoms with Crippen molar-refractivity contribution in [1.29, 1.82) is 0 Å². The van der Waals surface area contributed by atoms with E-state index in [1.165, 1.54) is 12.5 Å². The van der Waals surface area contributed by atoms with E-state index in [4.69, 9.17) is 9.88 Å². The van der Waals surface area contributed by atoms with Gasteiger partial charge in [0.25, 0.3) is 0 Å². The molecule has 2 fully saturated rings. The maximum Gasteiger partial charge on any atom is 0.333 e. The first kappa shape index (κ1) is 22.7. The van der Waals surface area contributed by atoms with E-state index in [0.717, 1.165) is 19.4 Å². The third-order valence-corrected chi connectivity index (χ3v) is 6.15. The summed E-state index contributed by atoms with van der Waals surface area (Å²) in [5, 5.41) is 22.6. The zero-order valence-electron chi connectivity index (χ0n) is 17.3. The zero-order chi connectivity index (χ0) is 22.7. The van der Waals surface area contributed by atoms with Crippen molar-refractivity contribution >= 4 is 21.9 Å². The number of rotatable bonds is 9. The van der Waals surface area contributed by atoms with Gasteiger partial charge in [0, 0.05) is 31.0 Å². The van der Waals surface area contributed by atoms with Crippen molar-refractivity contribution in [2.45, 2.75) is 50.5 Å². The summed E-state index contributed by atoms with van der Waals surface area (Å²) in [5.74, 6) is -0.420. The fourth-order valence-electron chi connectivity index (χ4n) is 4.11. The van der Waals surface area contributed by atoms with Gasteiger partial charge in [0.1, 0.15) is 17.8 Å². The minimum atomic E-state index is -4.08. The molecule has 0 radical (unpaired) electrons. The molecule has 2 aromatic heterocycles. The second kappa shape index (κ2) is 9.58. The molecule has 174 valence electrons. The lowest BCUT2D eigenvalue weighted by Crippen LogP contribution is -2.24. The lowest BCUT2D eigenvalue weighted by molar-refractivity contribution is 0.0932. The number of anilines is 1. The molecule has 32 heavy (non-hydrogen) atoms. The molecule has 2 aromatic rings. The van der Waals surface area contributed by atoms with Gasteiger partial charge in [-0.1, -0.05) is 0 Å². The van der Waals surface area contributed by atoms with E-state index in [2.05, 4.69) is 24.6 Å². The highest BCUT2D eigenvalue weighted by atomic mass is 32.2. The molecule has 4 N–H and O–H groups in total. The van der Waals surface area contributed by atoms with Gasteiger partial charge >= 0.3 is 10.3 Å². The van der Waals surface area contributed by atoms with E-state index in [1.54, 1.807) is 16.9 Å². The molecule has 1 saturated heterocycles. The highest BCUT2D eigenvalue weighted by Gasteiger charge is 2.35. The molecule has 2 aliphatic rings. The summed E-state index contributed by atoms with van der Waals surface area (Å²) in [7, 11) is -4.08. The summed E-state index contributed by atoms with van der Waals surface area (Å²) in [4.78, 5) is 21.2. The van der Waals surface area contributed by atoms with E-state index in [1.807, 2.05) is 0 Å². The van der Waals surface area contributed by atoms with Crippen LogP contribution in [0.5, 0.6) is 0 Å². The third-order valence-electron chi connectivity index (χ3n) is 5.69. The van der Waals surface area contributed by atoms with Gasteiger partial charge in [-0.2, -0.15) is 13.5 Å². The number of aliphatic hydroxyl groups excluding tert-OH is 1. The Morgan fingerprint density at radius 1 is 1.41 bits per heavy atom. The Morgan fingerprint density at radius 2 is 2.25 bits per heavy atom. The van der Waals surface area contributed by atoms with Crippen molar-refractivity contribution in [2.75, 3.05) is 18.5 Å². The van der Waals surface area contributed by atoms with Crippen LogP contribution in [0.1, 0.15) is 41.7 Å². The van der Waals surface area contributed by atoms with Crippen LogP contribution in [0.15, 0.2) is 24.8 Å². The van der Waals surface area contributed by atoms with Crippen LogP contribution in [0, 0.1) is 5.92 Å². The molecule has 0 bridgehead atoms. The minimum Gasteiger partial charge on any atom is -0.393 e. The summed E-state index contributed by atoms with van der Waals surface area (Å²) >= 11 is 0. The van der Waals surface area contributed by atoms with Crippen molar-refractivity contribution in [3.05, 3.63) is 36.0 Å². The fourth-order valence-corrected chi connectivity index (χ4v) is 4.47. The molecular formula is C19H26N6O6S. The molecule has 1 aliphatic heterocycles. The van der Waals surface area contributed by atoms with Crippen LogP contribution < -0.4 is 10.5 Å². The van der Waals surface area contributed by atoms with Crippen LogP contribution in [0.4, 0.5) is 5.82 Å². The molecule has 13 heteroatoms. The predicted molar refractivity (Wildman–Crippen MR) is 112 cm³/mol. The Bertz CT molecular complexity index is 1050. The van der Waals surface area contributed by atoms with E-state index in [9.17, 15) is 18.3 Å². The Labute approximate surface area is 185 Å². The monoisotopic (exact) mass is 466 g/mol. The van der Waals surface area contributed by atoms with Gasteiger partial charge in [-0.15, -0.1) is 0 Å². The number of ketones is 1. The van der Waals surface area contributed by atoms with Crippen LogP contribution in [-0.4, -0.2) is 70.5 Å². The maximum absolute atomic E-state index is 13.1. The van der Waals surface area contributed by atoms with E-state index >= 15 is 0 Å². The van der Waals surface area contributed by atoms with Crippen LogP contribution in [0.3, 0.4) is 0 Å². The van der Waals surface area contributed by atoms with Gasteiger partial charge in [-0.25, -0.2) is 15.1 Å². The number of nitrogens with zero attached hydrogens (tertiary/aromatic N) is 4. The first-order chi connectivity index (χ1) is 15.3. The van der Waals surface area contributed by atoms with Gasteiger partial charge < -0.3 is 15.2 Å². The van der Waals surface area contributed by atoms with Crippen LogP contribution in [0.2, 0.25) is 0 Å². The molecule has 1 saturated carbocycles. The molecule has 3 heterocycles. The van der Waals surface area contributed by atoms with E-state index in [0.29, 0.717) is 25.2 Å². The number of ether oxygens (including phenoxy) is 1. The van der Waals surface area contributed by atoms with Crippen molar-refractivity contribution in [3.63, 3.8) is 0 Å². The van der Waals surface area contributed by atoms with Crippen molar-refractivity contribution < 1.29 is 27.2 Å². The van der Waals surface area contributed by atoms with E-state index < -0.39 is 22.3 Å². The highest BCUT2D eigenvalue weighted by molar-refractivity contribution is 7.84. The molecule has 0 spiro atoms. The SMILES string of the molecule is NS(=O)(=O)OC[C@H]1C[C@@H](Nc2ncncc2C(=O)c2ccn(C[C@H]3CCCO3)n2)C[C@@H]1O. The fraction of sp³-hybridized carbons (Fsp3) is 0.579. The first-order valence-corrected chi connectivity index (χ1v) is 11.9. The Hall–Kier alpha value is -2.45. The number of hydrogen-bond donors (Lipinski definition) is 3. The van der Waals surface area contributed by atoms with Gasteiger partial charge in [0.2, 0.25) is 5.78 Å². The molecule has 12 nitrogen and oxygen atoms in total. The van der Waals surface area contributed by atoms with E-state index in [-0.39, 0.29) is 35.8 Å². The van der Waals surface area contributed by atoms with Gasteiger partial charge in [-0.05, 0) is 31.7 Å². The zero-order valence-corrected chi connectivity index (χ0v) is 18.1. The number of nitrogens with one attached hydrogen (secondary N) is 1. The Morgan fingerprint density at radius 3 is 3.00 bits per heavy atom. The Kier molecular flexibility index (Phi) is 6.81. The Balaban J connectivity index is 1.42. The number of nitrogens with two attached hydrogens (primary N) is 1. The van der Waals surface area contributed by atoms with Crippen LogP contribution >= 0.6 is 0 Å². The van der Waals surface area contributed by atoms with Crippen LogP contribution in [0.25, 0.3) is 0 Å². The summed E-state index contributed by atoms with van der Waals surface area (Å²) < 4.78 is 33.9. The average molecular weight is 467 g/mol. The molecule has 4 rings (SSSR count). The maximum atomic E-state index is 13.1. The lowest BCUT2D eigenvalue weighted by atomic mass is 10.1. The summed E-state index contributed by atoms with van der Waals surface area (Å²) in [6.07, 6.45) is 6.58. The molecule has 0 amide bonds. The lowest BCUT2D eigenvalue weighted by Gasteiger charge is -2.15. The number of aliphatic hydroxyl groups is 1. The molecule has 4 atom stereocenters. The largest absolute Gasteiger partial charge is 0.393 e. The molecule has 1 aliphatic carbocycles. The first-order valence-electron chi connectivity index (χ1n) is 10.4. The second-order valence-electron chi connectivity index (χ2n) is 8.09. The van der Waals surface area contributed by atoms with Crippen LogP contribution in [-0.2, 0) is 25.8 Å². The number of carbonyl (C=O) groups is 1. The van der Waals surface area contributed by atoms with Gasteiger partial charge in [0.05, 0.1) is 30.9 Å². The summed E-state index contributed by atoms with van der Waals surface area (Å²) in [5.41, 5.74) is 0.528. The molecular weight excluding hydrogens is 440 g/mol.